The number of pyridine rings is 1. The van der Waals surface area contributed by atoms with Gasteiger partial charge in [0.1, 0.15) is 17.9 Å². The fourth-order valence-corrected chi connectivity index (χ4v) is 4.76. The summed E-state index contributed by atoms with van der Waals surface area (Å²) in [5, 5.41) is 0.838. The second kappa shape index (κ2) is 13.5. The van der Waals surface area contributed by atoms with E-state index in [1.807, 2.05) is 24.3 Å². The summed E-state index contributed by atoms with van der Waals surface area (Å²) in [6.45, 7) is 5.67. The second-order valence-electron chi connectivity index (χ2n) is 10.9. The summed E-state index contributed by atoms with van der Waals surface area (Å²) in [6.07, 6.45) is 4.75. The van der Waals surface area contributed by atoms with Gasteiger partial charge in [-0.05, 0) is 50.8 Å². The van der Waals surface area contributed by atoms with Crippen LogP contribution in [0.15, 0.2) is 41.2 Å². The van der Waals surface area contributed by atoms with Crippen LogP contribution >= 0.6 is 0 Å². The Morgan fingerprint density at radius 1 is 1.10 bits per heavy atom. The van der Waals surface area contributed by atoms with Gasteiger partial charge in [-0.1, -0.05) is 43.5 Å². The number of carbonyl (C=O) groups excluding carboxylic acids is 3. The van der Waals surface area contributed by atoms with Crippen molar-refractivity contribution in [1.82, 2.24) is 14.9 Å². The van der Waals surface area contributed by atoms with Gasteiger partial charge in [0.25, 0.3) is 0 Å². The lowest BCUT2D eigenvalue weighted by Crippen LogP contribution is -2.58. The van der Waals surface area contributed by atoms with Crippen LogP contribution in [0.4, 0.5) is 9.59 Å². The Hall–Kier alpha value is -3.50. The Morgan fingerprint density at radius 2 is 1.77 bits per heavy atom. The molecule has 1 atom stereocenters. The molecule has 3 rings (SSSR count). The Kier molecular flexibility index (Phi) is 10.4. The molecule has 0 bridgehead atoms. The number of nitrogens with one attached hydrogen (secondary N) is 1. The first-order valence-electron chi connectivity index (χ1n) is 13.4. The molecule has 1 aliphatic carbocycles. The number of hydrogen-bond donors (Lipinski definition) is 2. The van der Waals surface area contributed by atoms with E-state index in [1.54, 1.807) is 33.9 Å². The van der Waals surface area contributed by atoms with Gasteiger partial charge < -0.3 is 19.3 Å². The van der Waals surface area contributed by atoms with Crippen LogP contribution in [0.2, 0.25) is 0 Å². The van der Waals surface area contributed by atoms with Crippen LogP contribution in [-0.2, 0) is 27.1 Å². The monoisotopic (exact) mass is 540 g/mol. The average molecular weight is 541 g/mol. The molecule has 0 saturated heterocycles. The molecule has 0 aliphatic heterocycles. The van der Waals surface area contributed by atoms with Crippen molar-refractivity contribution >= 4 is 18.4 Å². The maximum Gasteiger partial charge on any atom is 0.418 e. The summed E-state index contributed by atoms with van der Waals surface area (Å²) >= 11 is 0. The molecule has 1 fully saturated rings. The number of benzene rings is 1. The summed E-state index contributed by atoms with van der Waals surface area (Å²) in [7, 11) is 1.60. The number of methoxy groups -OCH3 is 1. The molecule has 0 unspecified atom stereocenters. The number of carbonyl (C=O) groups is 3. The number of aromatic amines is 1. The second-order valence-corrected chi connectivity index (χ2v) is 10.9. The SMILES string of the molecule is COCCc1[nH]c(=O)ccc1-c1ccc(C[C@@H](C=O)N(N)C(=O)N(C(=O)OC(C)(C)C)C2CCCCC2)cc1. The predicted octanol–water partition coefficient (Wildman–Crippen LogP) is 4.21. The number of ether oxygens (including phenoxy) is 2. The van der Waals surface area contributed by atoms with Gasteiger partial charge in [-0.2, -0.15) is 0 Å². The van der Waals surface area contributed by atoms with Gasteiger partial charge in [-0.3, -0.25) is 9.80 Å². The van der Waals surface area contributed by atoms with Crippen molar-refractivity contribution in [1.29, 1.82) is 0 Å². The molecule has 39 heavy (non-hydrogen) atoms. The maximum absolute atomic E-state index is 13.5. The number of aromatic nitrogens is 1. The average Bonchev–Trinajstić information content (AvgIpc) is 2.90. The van der Waals surface area contributed by atoms with Gasteiger partial charge in [-0.25, -0.2) is 20.3 Å². The fourth-order valence-electron chi connectivity index (χ4n) is 4.76. The third-order valence-corrected chi connectivity index (χ3v) is 6.74. The highest BCUT2D eigenvalue weighted by molar-refractivity contribution is 5.92. The highest BCUT2D eigenvalue weighted by Gasteiger charge is 2.38. The molecule has 1 saturated carbocycles. The minimum atomic E-state index is -0.984. The highest BCUT2D eigenvalue weighted by atomic mass is 16.6. The molecule has 3 amide bonds. The Bertz CT molecular complexity index is 1180. The van der Waals surface area contributed by atoms with Crippen LogP contribution in [0.1, 0.15) is 64.1 Å². The Labute approximate surface area is 229 Å². The topological polar surface area (TPSA) is 135 Å². The zero-order valence-electron chi connectivity index (χ0n) is 23.3. The predicted molar refractivity (Wildman–Crippen MR) is 148 cm³/mol. The lowest BCUT2D eigenvalue weighted by molar-refractivity contribution is -0.112. The van der Waals surface area contributed by atoms with Crippen molar-refractivity contribution in [3.05, 3.63) is 58.0 Å². The molecule has 10 heteroatoms. The number of hydrazine groups is 1. The van der Waals surface area contributed by atoms with E-state index in [0.717, 1.165) is 51.6 Å². The van der Waals surface area contributed by atoms with Gasteiger partial charge in [0.15, 0.2) is 0 Å². The summed E-state index contributed by atoms with van der Waals surface area (Å²) in [5.74, 6) is 6.19. The normalized spacial score (nSPS) is 14.9. The van der Waals surface area contributed by atoms with Crippen molar-refractivity contribution in [3.8, 4) is 11.1 Å². The molecule has 1 aromatic carbocycles. The molecule has 0 spiro atoms. The van der Waals surface area contributed by atoms with Crippen molar-refractivity contribution < 1.29 is 23.9 Å². The zero-order chi connectivity index (χ0) is 28.6. The van der Waals surface area contributed by atoms with E-state index in [9.17, 15) is 19.2 Å². The highest BCUT2D eigenvalue weighted by Crippen LogP contribution is 2.26. The molecule has 2 aromatic rings. The van der Waals surface area contributed by atoms with E-state index in [2.05, 4.69) is 4.98 Å². The van der Waals surface area contributed by atoms with Gasteiger partial charge in [-0.15, -0.1) is 0 Å². The van der Waals surface area contributed by atoms with Crippen LogP contribution in [-0.4, -0.2) is 64.7 Å². The number of nitrogens with zero attached hydrogens (tertiary/aromatic N) is 2. The molecule has 0 radical (unpaired) electrons. The van der Waals surface area contributed by atoms with Crippen LogP contribution in [0.5, 0.6) is 0 Å². The van der Waals surface area contributed by atoms with Crippen molar-refractivity contribution in [2.75, 3.05) is 13.7 Å². The number of H-pyrrole nitrogens is 1. The summed E-state index contributed by atoms with van der Waals surface area (Å²) < 4.78 is 10.7. The molecule has 1 aliphatic rings. The van der Waals surface area contributed by atoms with Gasteiger partial charge in [0.2, 0.25) is 5.56 Å². The minimum absolute atomic E-state index is 0.168. The van der Waals surface area contributed by atoms with Crippen LogP contribution in [0, 0.1) is 0 Å². The lowest BCUT2D eigenvalue weighted by atomic mass is 9.94. The molecule has 3 N–H and O–H groups in total. The van der Waals surface area contributed by atoms with Crippen molar-refractivity contribution in [2.45, 2.75) is 83.4 Å². The molecule has 1 heterocycles. The number of aldehydes is 1. The fraction of sp³-hybridized carbons (Fsp3) is 0.517. The van der Waals surface area contributed by atoms with E-state index in [1.165, 1.54) is 6.07 Å². The number of imide groups is 1. The lowest BCUT2D eigenvalue weighted by Gasteiger charge is -2.37. The van der Waals surface area contributed by atoms with Crippen molar-refractivity contribution in [3.63, 3.8) is 0 Å². The van der Waals surface area contributed by atoms with Crippen molar-refractivity contribution in [2.24, 2.45) is 5.84 Å². The molecule has 212 valence electrons. The number of rotatable bonds is 9. The number of amides is 3. The summed E-state index contributed by atoms with van der Waals surface area (Å²) in [6, 6.07) is 8.65. The maximum atomic E-state index is 13.5. The number of hydrogen-bond acceptors (Lipinski definition) is 7. The Morgan fingerprint density at radius 3 is 2.36 bits per heavy atom. The van der Waals surface area contributed by atoms with Crippen LogP contribution in [0.3, 0.4) is 0 Å². The van der Waals surface area contributed by atoms with Crippen LogP contribution < -0.4 is 11.4 Å². The first-order chi connectivity index (χ1) is 18.5. The third-order valence-electron chi connectivity index (χ3n) is 6.74. The summed E-state index contributed by atoms with van der Waals surface area (Å²) in [5.41, 5.74) is 2.34. The Balaban J connectivity index is 1.78. The van der Waals surface area contributed by atoms with E-state index < -0.39 is 23.8 Å². The number of nitrogens with two attached hydrogens (primary N) is 1. The molecular weight excluding hydrogens is 500 g/mol. The first kappa shape index (κ1) is 30.0. The van der Waals surface area contributed by atoms with E-state index in [0.29, 0.717) is 32.2 Å². The quantitative estimate of drug-likeness (QED) is 0.211. The molecular formula is C29H40N4O6. The van der Waals surface area contributed by atoms with E-state index >= 15 is 0 Å². The largest absolute Gasteiger partial charge is 0.443 e. The first-order valence-corrected chi connectivity index (χ1v) is 13.4. The third kappa shape index (κ3) is 8.24. The standard InChI is InChI=1S/C29H40N4O6/c1-29(2,3)39-28(37)32(22-8-6-5-7-9-22)27(36)33(30)23(19-34)18-20-10-12-21(13-11-20)24-14-15-26(35)31-25(24)16-17-38-4/h10-15,19,22-23H,5-9,16-18,30H2,1-4H3,(H,31,35)/t23-/m0/s1. The zero-order valence-corrected chi connectivity index (χ0v) is 23.3. The van der Waals surface area contributed by atoms with Gasteiger partial charge in [0, 0.05) is 43.3 Å². The minimum Gasteiger partial charge on any atom is -0.443 e. The molecule has 1 aromatic heterocycles. The van der Waals surface area contributed by atoms with E-state index in [4.69, 9.17) is 15.3 Å². The smallest absolute Gasteiger partial charge is 0.418 e. The number of urea groups is 1. The van der Waals surface area contributed by atoms with Gasteiger partial charge in [0.05, 0.1) is 6.61 Å². The van der Waals surface area contributed by atoms with Crippen LogP contribution in [0.25, 0.3) is 11.1 Å². The summed E-state index contributed by atoms with van der Waals surface area (Å²) in [4.78, 5) is 54.4. The molecule has 10 nitrogen and oxygen atoms in total. The van der Waals surface area contributed by atoms with Gasteiger partial charge >= 0.3 is 12.1 Å². The van der Waals surface area contributed by atoms with E-state index in [-0.39, 0.29) is 18.0 Å².